The van der Waals surface area contributed by atoms with Crippen molar-refractivity contribution >= 4 is 44.1 Å². The molecular formula is C36H34F3N7O6S. The van der Waals surface area contributed by atoms with Gasteiger partial charge in [-0.15, -0.1) is 0 Å². The molecule has 1 aliphatic rings. The van der Waals surface area contributed by atoms with E-state index >= 15 is 0 Å². The molecule has 0 radical (unpaired) electrons. The van der Waals surface area contributed by atoms with Crippen LogP contribution in [-0.2, 0) is 21.8 Å². The lowest BCUT2D eigenvalue weighted by molar-refractivity contribution is 0.0600. The number of methoxy groups -OCH3 is 1. The molecule has 0 fully saturated rings. The largest absolute Gasteiger partial charge is 0.492 e. The Labute approximate surface area is 302 Å². The van der Waals surface area contributed by atoms with Crippen molar-refractivity contribution in [2.75, 3.05) is 35.6 Å². The number of carbonyl (C=O) groups excluding carboxylic acids is 1. The third-order valence-electron chi connectivity index (χ3n) is 8.27. The summed E-state index contributed by atoms with van der Waals surface area (Å²) in [4.78, 5) is 19.8. The number of nitrogens with one attached hydrogen (secondary N) is 1. The first-order chi connectivity index (χ1) is 25.3. The molecule has 0 bridgehead atoms. The second-order valence-electron chi connectivity index (χ2n) is 11.8. The van der Waals surface area contributed by atoms with Crippen LogP contribution in [0.15, 0.2) is 97.7 Å². The molecule has 0 aliphatic carbocycles. The summed E-state index contributed by atoms with van der Waals surface area (Å²) in [5, 5.41) is 5.20. The zero-order valence-corrected chi connectivity index (χ0v) is 29.4. The molecule has 13 nitrogen and oxygen atoms in total. The van der Waals surface area contributed by atoms with E-state index in [1.54, 1.807) is 49.1 Å². The Morgan fingerprint density at radius 3 is 2.36 bits per heavy atom. The number of alkyl halides is 2. The number of aromatic nitrogens is 3. The number of hydrogen-bond acceptors (Lipinski definition) is 11. The van der Waals surface area contributed by atoms with E-state index in [0.717, 1.165) is 0 Å². The molecule has 1 atom stereocenters. The van der Waals surface area contributed by atoms with Gasteiger partial charge in [-0.1, -0.05) is 18.2 Å². The van der Waals surface area contributed by atoms with E-state index < -0.39 is 33.7 Å². The topological polar surface area (TPSA) is 154 Å². The molecule has 2 aromatic heterocycles. The maximum atomic E-state index is 13.6. The summed E-state index contributed by atoms with van der Waals surface area (Å²) in [6.07, 6.45) is 8.25. The minimum Gasteiger partial charge on any atom is -0.492 e. The van der Waals surface area contributed by atoms with Crippen LogP contribution in [0.4, 0.5) is 30.4 Å². The number of fused-ring (bicyclic) bond motifs is 1. The quantitative estimate of drug-likeness (QED) is 0.129. The lowest BCUT2D eigenvalue weighted by Gasteiger charge is -2.25. The number of esters is 1. The number of benzene rings is 3. The van der Waals surface area contributed by atoms with Crippen molar-refractivity contribution < 1.29 is 40.6 Å². The van der Waals surface area contributed by atoms with Crippen LogP contribution in [0.3, 0.4) is 0 Å². The van der Waals surface area contributed by atoms with Gasteiger partial charge in [-0.25, -0.2) is 22.6 Å². The highest BCUT2D eigenvalue weighted by molar-refractivity contribution is 7.93. The monoisotopic (exact) mass is 749 g/mol. The van der Waals surface area contributed by atoms with Gasteiger partial charge in [-0.05, 0) is 61.0 Å². The summed E-state index contributed by atoms with van der Waals surface area (Å²) in [5.41, 5.74) is 9.24. The first kappa shape index (κ1) is 36.6. The zero-order valence-electron chi connectivity index (χ0n) is 28.6. The van der Waals surface area contributed by atoms with Gasteiger partial charge in [0, 0.05) is 37.4 Å². The third kappa shape index (κ3) is 7.99. The lowest BCUT2D eigenvalue weighted by Crippen LogP contribution is -2.24. The van der Waals surface area contributed by atoms with Crippen molar-refractivity contribution in [3.05, 3.63) is 115 Å². The number of rotatable bonds is 13. The Hall–Kier alpha value is -6.23. The van der Waals surface area contributed by atoms with Crippen LogP contribution in [-0.4, -0.2) is 60.1 Å². The van der Waals surface area contributed by atoms with Crippen LogP contribution in [0.2, 0.25) is 0 Å². The first-order valence-corrected chi connectivity index (χ1v) is 17.6. The van der Waals surface area contributed by atoms with Crippen molar-refractivity contribution in [1.29, 1.82) is 0 Å². The number of aryl methyl sites for hydroxylation is 1. The van der Waals surface area contributed by atoms with Gasteiger partial charge in [-0.2, -0.15) is 13.9 Å². The highest BCUT2D eigenvalue weighted by atomic mass is 32.2. The highest BCUT2D eigenvalue weighted by Crippen LogP contribution is 2.40. The van der Waals surface area contributed by atoms with Crippen molar-refractivity contribution in [2.45, 2.75) is 18.8 Å². The Balaban J connectivity index is 1.25. The maximum absolute atomic E-state index is 13.6. The second-order valence-corrected chi connectivity index (χ2v) is 13.4. The van der Waals surface area contributed by atoms with Gasteiger partial charge in [0.05, 0.1) is 47.7 Å². The number of ether oxygens (including phenoxy) is 3. The zero-order chi connectivity index (χ0) is 37.9. The van der Waals surface area contributed by atoms with Gasteiger partial charge in [0.1, 0.15) is 41.5 Å². The molecule has 276 valence electrons. The minimum atomic E-state index is -5.05. The van der Waals surface area contributed by atoms with Gasteiger partial charge in [0.15, 0.2) is 0 Å². The van der Waals surface area contributed by atoms with Crippen LogP contribution in [0, 0.1) is 5.82 Å². The molecule has 5 aromatic rings. The number of nitrogens with zero attached hydrogens (tertiary/aromatic N) is 5. The van der Waals surface area contributed by atoms with E-state index in [0.29, 0.717) is 57.9 Å². The molecule has 3 N–H and O–H groups in total. The summed E-state index contributed by atoms with van der Waals surface area (Å²) in [6.45, 7) is 2.54. The van der Waals surface area contributed by atoms with Crippen LogP contribution in [0.25, 0.3) is 22.2 Å². The van der Waals surface area contributed by atoms with Crippen molar-refractivity contribution in [3.63, 3.8) is 0 Å². The smallest absolute Gasteiger partial charge is 0.355 e. The normalized spacial score (nSPS) is 13.4. The number of halogens is 3. The Kier molecular flexibility index (Phi) is 10.5. The maximum Gasteiger partial charge on any atom is 0.355 e. The van der Waals surface area contributed by atoms with E-state index in [9.17, 15) is 26.4 Å². The molecule has 0 amide bonds. The van der Waals surface area contributed by atoms with Crippen LogP contribution in [0.1, 0.15) is 28.9 Å². The minimum absolute atomic E-state index is 0.0748. The average molecular weight is 750 g/mol. The Morgan fingerprint density at radius 2 is 1.70 bits per heavy atom. The van der Waals surface area contributed by atoms with Gasteiger partial charge >= 0.3 is 11.7 Å². The van der Waals surface area contributed by atoms with E-state index in [1.807, 2.05) is 39.3 Å². The van der Waals surface area contributed by atoms with Gasteiger partial charge in [0.2, 0.25) is 0 Å². The predicted molar refractivity (Wildman–Crippen MR) is 193 cm³/mol. The first-order valence-electron chi connectivity index (χ1n) is 16.0. The number of hydrogen-bond donors (Lipinski definition) is 2. The molecule has 0 spiro atoms. The molecule has 6 rings (SSSR count). The van der Waals surface area contributed by atoms with Gasteiger partial charge in [0.25, 0.3) is 10.0 Å². The fraction of sp³-hybridized carbons (Fsp3) is 0.194. The molecule has 17 heteroatoms. The van der Waals surface area contributed by atoms with E-state index in [1.165, 1.54) is 49.6 Å². The summed E-state index contributed by atoms with van der Waals surface area (Å²) in [6, 6.07) is 16.4. The lowest BCUT2D eigenvalue weighted by atomic mass is 10.1. The highest BCUT2D eigenvalue weighted by Gasteiger charge is 2.27. The molecule has 0 saturated heterocycles. The van der Waals surface area contributed by atoms with E-state index in [-0.39, 0.29) is 17.3 Å². The fourth-order valence-corrected chi connectivity index (χ4v) is 6.11. The van der Waals surface area contributed by atoms with Crippen molar-refractivity contribution in [3.8, 4) is 22.8 Å². The molecule has 3 heterocycles. The summed E-state index contributed by atoms with van der Waals surface area (Å²) in [7, 11) is -2.00. The average Bonchev–Trinajstić information content (AvgIpc) is 3.50. The van der Waals surface area contributed by atoms with Crippen LogP contribution < -0.4 is 24.8 Å². The number of carbonyl (C=O) groups is 1. The standard InChI is InChI=1S/C36H34F3N7O6S/c1-22(23-4-9-26(37)10-5-23)52-30-20-25(8-13-28(30)43-53(48,49)36(38)39)32-31-33(44(2)42-32)29(21-41-34(31)40)46-16-14-45(15-17-46)18-19-51-27-11-6-24(7-12-27)35(47)50-3/h4-17,20-22,36,43H,18-19H2,1-3H3,(H2,40,41)/t22-/m0/s1. The molecule has 1 aliphatic heterocycles. The predicted octanol–water partition coefficient (Wildman–Crippen LogP) is 6.39. The third-order valence-corrected chi connectivity index (χ3v) is 9.24. The fourth-order valence-electron chi connectivity index (χ4n) is 5.55. The van der Waals surface area contributed by atoms with Crippen LogP contribution >= 0.6 is 0 Å². The number of anilines is 3. The van der Waals surface area contributed by atoms with Crippen molar-refractivity contribution in [2.24, 2.45) is 7.05 Å². The molecular weight excluding hydrogens is 715 g/mol. The van der Waals surface area contributed by atoms with Crippen LogP contribution in [0.5, 0.6) is 11.5 Å². The summed E-state index contributed by atoms with van der Waals surface area (Å²) >= 11 is 0. The SMILES string of the molecule is COC(=O)c1ccc(OCCN2C=CN(c3cnc(N)c4c(-c5ccc(NS(=O)(=O)C(F)F)c(O[C@@H](C)c6ccc(F)cc6)c5)nn(C)c34)C=C2)cc1. The molecule has 0 unspecified atom stereocenters. The summed E-state index contributed by atoms with van der Waals surface area (Å²) < 4.78 is 84.7. The number of nitrogen functional groups attached to an aromatic ring is 1. The second kappa shape index (κ2) is 15.2. The number of pyridine rings is 1. The number of nitrogens with two attached hydrogens (primary N) is 1. The number of sulfonamides is 1. The molecule has 53 heavy (non-hydrogen) atoms. The van der Waals surface area contributed by atoms with Crippen molar-refractivity contribution in [1.82, 2.24) is 19.7 Å². The van der Waals surface area contributed by atoms with E-state index in [2.05, 4.69) is 4.98 Å². The summed E-state index contributed by atoms with van der Waals surface area (Å²) in [5.74, 6) is -3.87. The Bertz CT molecular complexity index is 2290. The van der Waals surface area contributed by atoms with Gasteiger partial charge in [-0.3, -0.25) is 9.40 Å². The molecule has 3 aromatic carbocycles. The Morgan fingerprint density at radius 1 is 1.00 bits per heavy atom. The van der Waals surface area contributed by atoms with Gasteiger partial charge < -0.3 is 29.7 Å². The molecule has 0 saturated carbocycles. The van der Waals surface area contributed by atoms with E-state index in [4.69, 9.17) is 25.0 Å².